The number of aliphatic carboxylic acids is 1. The number of rotatable bonds is 7. The molecule has 0 aliphatic heterocycles. The maximum Gasteiger partial charge on any atom is 0.326 e. The van der Waals surface area contributed by atoms with E-state index >= 15 is 0 Å². The van der Waals surface area contributed by atoms with Crippen molar-refractivity contribution in [3.05, 3.63) is 0 Å². The van der Waals surface area contributed by atoms with E-state index in [1.54, 1.807) is 20.9 Å². The molecular weight excluding hydrogens is 324 g/mol. The van der Waals surface area contributed by atoms with Crippen LogP contribution in [0, 0.1) is 0 Å². The Morgan fingerprint density at radius 1 is 1.14 bits per heavy atom. The molecule has 0 saturated carbocycles. The van der Waals surface area contributed by atoms with Crippen molar-refractivity contribution in [2.24, 2.45) is 10.2 Å². The fraction of sp³-hybridized carbons (Fsp3) is 0.583. The lowest BCUT2D eigenvalue weighted by atomic mass is 10.2. The van der Waals surface area contributed by atoms with E-state index in [0.717, 1.165) is 6.42 Å². The number of hydrazone groups is 2. The third kappa shape index (κ3) is 8.47. The molecule has 0 aromatic rings. The first-order chi connectivity index (χ1) is 10.3. The molecule has 0 spiro atoms. The van der Waals surface area contributed by atoms with Crippen LogP contribution >= 0.6 is 24.4 Å². The number of carbonyl (C=O) groups is 1. The van der Waals surface area contributed by atoms with Crippen LogP contribution in [0.5, 0.6) is 0 Å². The molecule has 22 heavy (non-hydrogen) atoms. The first-order valence-electron chi connectivity index (χ1n) is 6.67. The molecule has 0 aromatic carbocycles. The van der Waals surface area contributed by atoms with E-state index in [-0.39, 0.29) is 5.11 Å². The standard InChI is InChI=1S/C12H22N6O2S2/c1-5-6-9(10(19)20)14-12(22)18-16-8(3)7(2)15-17-11(21)13-4/h9H,5-6H2,1-4H3,(H,19,20)(H2,13,17,21)(H2,14,18,22)/b15-7+,16-8+. The topological polar surface area (TPSA) is 110 Å². The molecule has 0 rings (SSSR count). The lowest BCUT2D eigenvalue weighted by Gasteiger charge is -2.15. The number of carboxylic acids is 1. The minimum atomic E-state index is -0.950. The predicted molar refractivity (Wildman–Crippen MR) is 96.2 cm³/mol. The zero-order chi connectivity index (χ0) is 17.1. The molecule has 124 valence electrons. The maximum atomic E-state index is 11.0. The van der Waals surface area contributed by atoms with Crippen molar-refractivity contribution in [3.8, 4) is 0 Å². The molecule has 0 aliphatic rings. The van der Waals surface area contributed by atoms with Crippen LogP contribution in [0.15, 0.2) is 10.2 Å². The lowest BCUT2D eigenvalue weighted by molar-refractivity contribution is -0.139. The average Bonchev–Trinajstić information content (AvgIpc) is 2.49. The Bertz CT molecular complexity index is 478. The van der Waals surface area contributed by atoms with E-state index in [2.05, 4.69) is 31.7 Å². The molecule has 0 radical (unpaired) electrons. The van der Waals surface area contributed by atoms with Gasteiger partial charge in [0.15, 0.2) is 10.2 Å². The normalized spacial score (nSPS) is 13.1. The van der Waals surface area contributed by atoms with Crippen LogP contribution in [0.2, 0.25) is 0 Å². The number of thiocarbonyl (C=S) groups is 2. The molecule has 0 aromatic heterocycles. The Labute approximate surface area is 140 Å². The molecule has 0 heterocycles. The largest absolute Gasteiger partial charge is 0.480 e. The average molecular weight is 346 g/mol. The summed E-state index contributed by atoms with van der Waals surface area (Å²) >= 11 is 9.91. The van der Waals surface area contributed by atoms with Crippen molar-refractivity contribution in [2.75, 3.05) is 7.05 Å². The molecule has 10 heteroatoms. The molecule has 1 unspecified atom stereocenters. The van der Waals surface area contributed by atoms with Crippen molar-refractivity contribution < 1.29 is 9.90 Å². The van der Waals surface area contributed by atoms with Gasteiger partial charge in [-0.15, -0.1) is 0 Å². The summed E-state index contributed by atoms with van der Waals surface area (Å²) in [5.74, 6) is -0.950. The number of carboxylic acid groups (broad SMARTS) is 1. The van der Waals surface area contributed by atoms with E-state index in [9.17, 15) is 4.79 Å². The second-order valence-corrected chi connectivity index (χ2v) is 5.17. The van der Waals surface area contributed by atoms with Crippen molar-refractivity contribution in [1.82, 2.24) is 21.5 Å². The van der Waals surface area contributed by atoms with Crippen LogP contribution in [0.1, 0.15) is 33.6 Å². The highest BCUT2D eigenvalue weighted by Gasteiger charge is 2.16. The first-order valence-corrected chi connectivity index (χ1v) is 7.49. The van der Waals surface area contributed by atoms with Crippen LogP contribution in [0.3, 0.4) is 0 Å². The van der Waals surface area contributed by atoms with E-state index in [1.807, 2.05) is 6.92 Å². The van der Waals surface area contributed by atoms with Gasteiger partial charge in [-0.25, -0.2) is 4.79 Å². The minimum absolute atomic E-state index is 0.145. The van der Waals surface area contributed by atoms with E-state index in [4.69, 9.17) is 29.5 Å². The number of hydrogen-bond acceptors (Lipinski definition) is 5. The molecule has 0 bridgehead atoms. The monoisotopic (exact) mass is 346 g/mol. The van der Waals surface area contributed by atoms with Gasteiger partial charge in [-0.3, -0.25) is 10.9 Å². The Morgan fingerprint density at radius 2 is 1.64 bits per heavy atom. The fourth-order valence-corrected chi connectivity index (χ4v) is 1.46. The predicted octanol–water partition coefficient (Wildman–Crippen LogP) is 0.550. The molecule has 0 aliphatic carbocycles. The molecular formula is C12H22N6O2S2. The van der Waals surface area contributed by atoms with Gasteiger partial charge in [-0.05, 0) is 44.7 Å². The molecule has 0 amide bonds. The van der Waals surface area contributed by atoms with Gasteiger partial charge in [0.1, 0.15) is 6.04 Å². The number of nitrogens with one attached hydrogen (secondary N) is 4. The summed E-state index contributed by atoms with van der Waals surface area (Å²) in [5.41, 5.74) is 6.42. The van der Waals surface area contributed by atoms with Gasteiger partial charge >= 0.3 is 5.97 Å². The highest BCUT2D eigenvalue weighted by Crippen LogP contribution is 1.96. The van der Waals surface area contributed by atoms with Crippen molar-refractivity contribution in [1.29, 1.82) is 0 Å². The van der Waals surface area contributed by atoms with Gasteiger partial charge in [0.05, 0.1) is 11.4 Å². The smallest absolute Gasteiger partial charge is 0.326 e. The van der Waals surface area contributed by atoms with E-state index < -0.39 is 12.0 Å². The molecule has 1 atom stereocenters. The van der Waals surface area contributed by atoms with Crippen molar-refractivity contribution >= 4 is 52.1 Å². The SMILES string of the molecule is CCCC(NC(=S)N/N=C(C)/C(C)=N/NC(=S)NC)C(=O)O. The maximum absolute atomic E-state index is 11.0. The first kappa shape index (κ1) is 20.2. The quantitative estimate of drug-likeness (QED) is 0.258. The summed E-state index contributed by atoms with van der Waals surface area (Å²) in [7, 11) is 1.68. The van der Waals surface area contributed by atoms with Gasteiger partial charge in [-0.1, -0.05) is 13.3 Å². The zero-order valence-corrected chi connectivity index (χ0v) is 14.7. The molecule has 0 saturated heterocycles. The van der Waals surface area contributed by atoms with Gasteiger partial charge in [-0.2, -0.15) is 10.2 Å². The number of hydrogen-bond donors (Lipinski definition) is 5. The lowest BCUT2D eigenvalue weighted by Crippen LogP contribution is -2.44. The Morgan fingerprint density at radius 3 is 2.05 bits per heavy atom. The summed E-state index contributed by atoms with van der Waals surface area (Å²) < 4.78 is 0. The molecule has 8 nitrogen and oxygen atoms in total. The van der Waals surface area contributed by atoms with Gasteiger partial charge in [0.2, 0.25) is 0 Å². The molecule has 5 N–H and O–H groups in total. The van der Waals surface area contributed by atoms with Gasteiger partial charge < -0.3 is 15.7 Å². The highest BCUT2D eigenvalue weighted by atomic mass is 32.1. The van der Waals surface area contributed by atoms with Crippen molar-refractivity contribution in [3.63, 3.8) is 0 Å². The number of nitrogens with zero attached hydrogens (tertiary/aromatic N) is 2. The van der Waals surface area contributed by atoms with E-state index in [1.165, 1.54) is 0 Å². The summed E-state index contributed by atoms with van der Waals surface area (Å²) in [4.78, 5) is 11.0. The van der Waals surface area contributed by atoms with Crippen LogP contribution in [0.25, 0.3) is 0 Å². The Hall–Kier alpha value is -1.81. The summed E-state index contributed by atoms with van der Waals surface area (Å²) in [6.07, 6.45) is 1.21. The second kappa shape index (κ2) is 10.9. The minimum Gasteiger partial charge on any atom is -0.480 e. The van der Waals surface area contributed by atoms with Crippen LogP contribution in [0.4, 0.5) is 0 Å². The second-order valence-electron chi connectivity index (χ2n) is 4.35. The van der Waals surface area contributed by atoms with E-state index in [0.29, 0.717) is 23.0 Å². The Kier molecular flexibility index (Phi) is 9.96. The van der Waals surface area contributed by atoms with Crippen LogP contribution < -0.4 is 21.5 Å². The third-order valence-corrected chi connectivity index (χ3v) is 3.09. The third-order valence-electron chi connectivity index (χ3n) is 2.58. The highest BCUT2D eigenvalue weighted by molar-refractivity contribution is 7.80. The summed E-state index contributed by atoms with van der Waals surface area (Å²) in [5, 5.41) is 23.1. The van der Waals surface area contributed by atoms with Crippen molar-refractivity contribution in [2.45, 2.75) is 39.7 Å². The fourth-order valence-electron chi connectivity index (χ4n) is 1.22. The van der Waals surface area contributed by atoms with Crippen LogP contribution in [-0.2, 0) is 4.79 Å². The molecule has 0 fully saturated rings. The summed E-state index contributed by atoms with van der Waals surface area (Å²) in [6.45, 7) is 5.39. The van der Waals surface area contributed by atoms with Gasteiger partial charge in [0, 0.05) is 7.05 Å². The Balaban J connectivity index is 4.52. The van der Waals surface area contributed by atoms with Gasteiger partial charge in [0.25, 0.3) is 0 Å². The summed E-state index contributed by atoms with van der Waals surface area (Å²) in [6, 6.07) is -0.732. The van der Waals surface area contributed by atoms with Crippen LogP contribution in [-0.4, -0.2) is 45.8 Å². The zero-order valence-electron chi connectivity index (χ0n) is 13.1.